The number of carbonyl (C=O) groups is 11. The SMILES string of the molecule is NC(=O)CC[C@@H]1NC(=O)[C@H](Cc2ccccc2)NC(=O)[C@@H](Cc2ccccc2)NC(=O)CC2(CCCCC2)SSC[C@H](C(=O)N2CCC[C@H]2C(=O)N[C@H](CCCN=C(N)N)C(=O)NCC(N)=O)NC(=O)[C@H](CC(N)=O)NC1=O. The Morgan fingerprint density at radius 1 is 0.692 bits per heavy atom. The van der Waals surface area contributed by atoms with Crippen molar-refractivity contribution >= 4 is 92.5 Å². The fourth-order valence-electron chi connectivity index (χ4n) is 9.44. The normalized spacial score (nSPS) is 22.9. The predicted octanol–water partition coefficient (Wildman–Crippen LogP) is -2.34. The van der Waals surface area contributed by atoms with Crippen molar-refractivity contribution in [3.63, 3.8) is 0 Å². The Morgan fingerprint density at radius 3 is 1.86 bits per heavy atom. The van der Waals surface area contributed by atoms with Crippen LogP contribution in [0.5, 0.6) is 0 Å². The molecule has 78 heavy (non-hydrogen) atoms. The average molecular weight is 1120 g/mol. The van der Waals surface area contributed by atoms with E-state index < -0.39 is 138 Å². The van der Waals surface area contributed by atoms with E-state index in [1.807, 2.05) is 0 Å². The van der Waals surface area contributed by atoms with Gasteiger partial charge in [0.05, 0.1) is 13.0 Å². The Morgan fingerprint density at radius 2 is 1.27 bits per heavy atom. The number of aliphatic imine (C=N–C) groups is 1. The van der Waals surface area contributed by atoms with Gasteiger partial charge in [-0.3, -0.25) is 57.7 Å². The van der Waals surface area contributed by atoms with E-state index in [1.165, 1.54) is 26.5 Å². The van der Waals surface area contributed by atoms with Crippen molar-refractivity contribution in [1.29, 1.82) is 0 Å². The fourth-order valence-corrected chi connectivity index (χ4v) is 12.8. The van der Waals surface area contributed by atoms with Crippen molar-refractivity contribution in [3.8, 4) is 0 Å². The van der Waals surface area contributed by atoms with Gasteiger partial charge < -0.3 is 70.8 Å². The first-order valence-corrected chi connectivity index (χ1v) is 28.2. The number of hydrogen-bond donors (Lipinski definition) is 12. The molecule has 2 aliphatic heterocycles. The molecule has 27 heteroatoms. The quantitative estimate of drug-likeness (QED) is 0.0304. The third-order valence-corrected chi connectivity index (χ3v) is 16.7. The second-order valence-electron chi connectivity index (χ2n) is 19.6. The van der Waals surface area contributed by atoms with E-state index in [-0.39, 0.29) is 63.3 Å². The van der Waals surface area contributed by atoms with Crippen molar-refractivity contribution in [3.05, 3.63) is 71.8 Å². The Kier molecular flexibility index (Phi) is 24.0. The lowest BCUT2D eigenvalue weighted by atomic mass is 9.85. The molecule has 3 aliphatic rings. The summed E-state index contributed by atoms with van der Waals surface area (Å²) in [6, 6.07) is 7.93. The van der Waals surface area contributed by atoms with Gasteiger partial charge in [0, 0.05) is 49.3 Å². The number of carbonyl (C=O) groups excluding carboxylic acids is 11. The molecule has 2 heterocycles. The number of guanidine groups is 1. The molecule has 5 rings (SSSR count). The molecule has 11 amide bonds. The first kappa shape index (κ1) is 61.4. The topological polar surface area (TPSA) is 418 Å². The highest BCUT2D eigenvalue weighted by Gasteiger charge is 2.42. The molecule has 1 aliphatic carbocycles. The van der Waals surface area contributed by atoms with E-state index in [0.717, 1.165) is 19.3 Å². The molecular weight excluding hydrogens is 1050 g/mol. The lowest BCUT2D eigenvalue weighted by molar-refractivity contribution is -0.142. The van der Waals surface area contributed by atoms with Crippen LogP contribution in [-0.2, 0) is 65.6 Å². The molecule has 0 bridgehead atoms. The maximum Gasteiger partial charge on any atom is 0.246 e. The highest BCUT2D eigenvalue weighted by Crippen LogP contribution is 2.48. The van der Waals surface area contributed by atoms with Crippen LogP contribution in [0.2, 0.25) is 0 Å². The number of primary amides is 3. The van der Waals surface area contributed by atoms with Crippen LogP contribution in [0.15, 0.2) is 65.7 Å². The first-order chi connectivity index (χ1) is 37.2. The predicted molar refractivity (Wildman–Crippen MR) is 291 cm³/mol. The van der Waals surface area contributed by atoms with Gasteiger partial charge in [-0.15, -0.1) is 0 Å². The largest absolute Gasteiger partial charge is 0.370 e. The summed E-state index contributed by atoms with van der Waals surface area (Å²) >= 11 is 0. The molecule has 7 atom stereocenters. The standard InChI is InChI=1S/C51H72N14O11S2/c52-39(66)19-18-33-44(71)63-36(26-40(53)67)47(74)64-37(49(76)65-23-11-17-38(65)48(75)61-32(16-10-22-57-50(55)56)43(70)58-28-41(54)68)29-77-78-51(20-8-3-9-21-51)27-42(69)59-34(24-30-12-4-1-5-13-30)45(72)62-35(46(73)60-33)25-31-14-6-2-7-15-31/h1-2,4-7,12-15,32-38H,3,8-11,16-29H2,(H2,52,66)(H2,53,67)(H2,54,68)(H,58,70)(H,59,69)(H,60,73)(H,61,75)(H,62,72)(H,63,71)(H,64,74)(H4,55,56,57)/t32-,33+,34-,35+,36+,37-,38+/m1/s1. The number of nitrogens with one attached hydrogen (secondary N) is 7. The lowest BCUT2D eigenvalue weighted by Gasteiger charge is -2.37. The van der Waals surface area contributed by atoms with Crippen LogP contribution in [0.25, 0.3) is 0 Å². The van der Waals surface area contributed by atoms with E-state index in [0.29, 0.717) is 30.4 Å². The van der Waals surface area contributed by atoms with Crippen molar-refractivity contribution in [1.82, 2.24) is 42.1 Å². The summed E-state index contributed by atoms with van der Waals surface area (Å²) in [6.45, 7) is -0.368. The molecule has 2 aromatic rings. The van der Waals surface area contributed by atoms with Gasteiger partial charge in [-0.05, 0) is 56.1 Å². The molecule has 17 N–H and O–H groups in total. The Bertz CT molecular complexity index is 2500. The highest BCUT2D eigenvalue weighted by molar-refractivity contribution is 8.77. The second-order valence-corrected chi connectivity index (χ2v) is 22.4. The summed E-state index contributed by atoms with van der Waals surface area (Å²) in [4.78, 5) is 156. The molecular formula is C51H72N14O11S2. The molecule has 0 radical (unpaired) electrons. The van der Waals surface area contributed by atoms with Crippen LogP contribution in [0.3, 0.4) is 0 Å². The van der Waals surface area contributed by atoms with Crippen molar-refractivity contribution < 1.29 is 52.7 Å². The molecule has 1 saturated carbocycles. The van der Waals surface area contributed by atoms with Gasteiger partial charge in [-0.25, -0.2) is 0 Å². The molecule has 0 unspecified atom stereocenters. The van der Waals surface area contributed by atoms with Crippen LogP contribution in [0.1, 0.15) is 94.6 Å². The molecule has 25 nitrogen and oxygen atoms in total. The zero-order valence-corrected chi connectivity index (χ0v) is 45.0. The summed E-state index contributed by atoms with van der Waals surface area (Å²) in [5, 5.41) is 18.5. The number of nitrogens with zero attached hydrogens (tertiary/aromatic N) is 2. The summed E-state index contributed by atoms with van der Waals surface area (Å²) < 4.78 is -0.724. The van der Waals surface area contributed by atoms with Crippen molar-refractivity contribution in [2.24, 2.45) is 33.7 Å². The van der Waals surface area contributed by atoms with Gasteiger partial charge in [0.2, 0.25) is 65.0 Å². The second kappa shape index (κ2) is 30.5. The van der Waals surface area contributed by atoms with Crippen molar-refractivity contribution in [2.75, 3.05) is 25.4 Å². The monoisotopic (exact) mass is 1120 g/mol. The van der Waals surface area contributed by atoms with E-state index in [9.17, 15) is 52.7 Å². The number of hydrogen-bond acceptors (Lipinski definition) is 14. The maximum absolute atomic E-state index is 14.9. The van der Waals surface area contributed by atoms with E-state index in [4.69, 9.17) is 28.7 Å². The van der Waals surface area contributed by atoms with Gasteiger partial charge in [-0.2, -0.15) is 0 Å². The zero-order valence-electron chi connectivity index (χ0n) is 43.3. The van der Waals surface area contributed by atoms with Crippen LogP contribution in [0.4, 0.5) is 0 Å². The van der Waals surface area contributed by atoms with E-state index in [1.54, 1.807) is 60.7 Å². The summed E-state index contributed by atoms with van der Waals surface area (Å²) in [7, 11) is 2.53. The molecule has 3 fully saturated rings. The average Bonchev–Trinajstić information content (AvgIpc) is 3.91. The maximum atomic E-state index is 14.9. The van der Waals surface area contributed by atoms with E-state index >= 15 is 0 Å². The lowest BCUT2D eigenvalue weighted by Crippen LogP contribution is -2.61. The minimum Gasteiger partial charge on any atom is -0.370 e. The van der Waals surface area contributed by atoms with Gasteiger partial charge >= 0.3 is 0 Å². The van der Waals surface area contributed by atoms with Crippen LogP contribution in [0, 0.1) is 0 Å². The van der Waals surface area contributed by atoms with Gasteiger partial charge in [0.1, 0.15) is 42.3 Å². The number of benzene rings is 2. The molecule has 424 valence electrons. The minimum atomic E-state index is -1.76. The first-order valence-electron chi connectivity index (χ1n) is 25.9. The summed E-state index contributed by atoms with van der Waals surface area (Å²) in [6.07, 6.45) is 2.61. The summed E-state index contributed by atoms with van der Waals surface area (Å²) in [5.41, 5.74) is 28.6. The van der Waals surface area contributed by atoms with Gasteiger partial charge in [-0.1, -0.05) is 102 Å². The van der Waals surface area contributed by atoms with Crippen LogP contribution < -0.4 is 65.9 Å². The minimum absolute atomic E-state index is 0.0231. The zero-order chi connectivity index (χ0) is 56.8. The number of rotatable bonds is 19. The fraction of sp³-hybridized carbons (Fsp3) is 0.529. The number of likely N-dealkylation sites (tertiary alicyclic amines) is 1. The summed E-state index contributed by atoms with van der Waals surface area (Å²) in [5.74, 6) is -9.36. The van der Waals surface area contributed by atoms with Crippen LogP contribution >= 0.6 is 21.6 Å². The Hall–Kier alpha value is -7.42. The molecule has 2 aromatic carbocycles. The molecule has 1 spiro atoms. The molecule has 2 saturated heterocycles. The molecule has 0 aromatic heterocycles. The third kappa shape index (κ3) is 19.9. The van der Waals surface area contributed by atoms with Gasteiger partial charge in [0.25, 0.3) is 0 Å². The highest BCUT2D eigenvalue weighted by atomic mass is 33.1. The third-order valence-electron chi connectivity index (χ3n) is 13.4. The Balaban J connectivity index is 1.52. The number of nitrogens with two attached hydrogens (primary N) is 5. The number of amides is 11. The van der Waals surface area contributed by atoms with Gasteiger partial charge in [0.15, 0.2) is 5.96 Å². The Labute approximate surface area is 459 Å². The smallest absolute Gasteiger partial charge is 0.246 e. The van der Waals surface area contributed by atoms with E-state index in [2.05, 4.69) is 42.2 Å². The van der Waals surface area contributed by atoms with Crippen LogP contribution in [-0.4, -0.2) is 148 Å². The van der Waals surface area contributed by atoms with Crippen molar-refractivity contribution in [2.45, 2.75) is 143 Å².